The fraction of sp³-hybridized carbons (Fsp3) is 0.381. The minimum absolute atomic E-state index is 0.0177. The summed E-state index contributed by atoms with van der Waals surface area (Å²) in [6, 6.07) is 5.57. The first-order valence-electron chi connectivity index (χ1n) is 9.53. The molecule has 3 aromatic rings. The van der Waals surface area contributed by atoms with Gasteiger partial charge in [-0.05, 0) is 44.7 Å². The molecule has 0 saturated carbocycles. The molecule has 2 aromatic heterocycles. The highest BCUT2D eigenvalue weighted by Gasteiger charge is 2.19. The third-order valence-corrected chi connectivity index (χ3v) is 5.93. The number of thioether (sulfide) groups is 1. The molecule has 0 fully saturated rings. The number of rotatable bonds is 6. The highest BCUT2D eigenvalue weighted by atomic mass is 32.2. The molecule has 0 amide bonds. The Balaban J connectivity index is 1.57. The van der Waals surface area contributed by atoms with Gasteiger partial charge in [0.25, 0.3) is 5.56 Å². The van der Waals surface area contributed by atoms with Crippen molar-refractivity contribution in [2.24, 2.45) is 0 Å². The largest absolute Gasteiger partial charge is 0.493 e. The third-order valence-electron chi connectivity index (χ3n) is 5.04. The normalized spacial score (nSPS) is 13.2. The van der Waals surface area contributed by atoms with Crippen molar-refractivity contribution in [2.75, 3.05) is 14.2 Å². The van der Waals surface area contributed by atoms with Gasteiger partial charge < -0.3 is 18.9 Å². The zero-order chi connectivity index (χ0) is 20.4. The third kappa shape index (κ3) is 3.89. The van der Waals surface area contributed by atoms with E-state index in [1.807, 2.05) is 25.1 Å². The molecule has 1 aliphatic rings. The van der Waals surface area contributed by atoms with E-state index < -0.39 is 0 Å². The number of aromatic amines is 1. The molecule has 4 rings (SSSR count). The van der Waals surface area contributed by atoms with E-state index in [-0.39, 0.29) is 5.56 Å². The summed E-state index contributed by atoms with van der Waals surface area (Å²) in [7, 11) is 3.18. The average Bonchev–Trinajstić information content (AvgIpc) is 3.12. The number of benzene rings is 1. The lowest BCUT2D eigenvalue weighted by Gasteiger charge is -2.14. The summed E-state index contributed by atoms with van der Waals surface area (Å²) in [6.07, 6.45) is 3.83. The topological polar surface area (TPSA) is 90.2 Å². The number of methoxy groups -OCH3 is 2. The summed E-state index contributed by atoms with van der Waals surface area (Å²) in [6.45, 7) is 1.88. The van der Waals surface area contributed by atoms with Gasteiger partial charge in [-0.2, -0.15) is 0 Å². The number of H-pyrrole nitrogens is 1. The van der Waals surface area contributed by atoms with Crippen molar-refractivity contribution >= 4 is 11.8 Å². The lowest BCUT2D eigenvalue weighted by atomic mass is 9.97. The molecule has 1 aliphatic carbocycles. The molecule has 0 spiro atoms. The zero-order valence-electron chi connectivity index (χ0n) is 16.7. The second-order valence-corrected chi connectivity index (χ2v) is 7.82. The Labute approximate surface area is 172 Å². The molecule has 8 heteroatoms. The van der Waals surface area contributed by atoms with Crippen LogP contribution >= 0.6 is 11.8 Å². The van der Waals surface area contributed by atoms with Crippen LogP contribution < -0.4 is 15.0 Å². The number of aryl methyl sites for hydroxylation is 2. The van der Waals surface area contributed by atoms with Crippen LogP contribution in [0.1, 0.15) is 35.6 Å². The van der Waals surface area contributed by atoms with E-state index in [1.54, 1.807) is 14.2 Å². The molecule has 0 saturated heterocycles. The highest BCUT2D eigenvalue weighted by molar-refractivity contribution is 7.98. The van der Waals surface area contributed by atoms with Crippen molar-refractivity contribution in [1.82, 2.24) is 15.0 Å². The predicted octanol–water partition coefficient (Wildman–Crippen LogP) is 3.92. The number of fused-ring (bicyclic) bond motifs is 1. The van der Waals surface area contributed by atoms with Crippen molar-refractivity contribution in [3.8, 4) is 23.0 Å². The first-order chi connectivity index (χ1) is 14.1. The Morgan fingerprint density at radius 3 is 2.79 bits per heavy atom. The number of hydrogen-bond donors (Lipinski definition) is 1. The second-order valence-electron chi connectivity index (χ2n) is 6.86. The molecule has 0 aliphatic heterocycles. The summed E-state index contributed by atoms with van der Waals surface area (Å²) in [5.41, 5.74) is 3.28. The van der Waals surface area contributed by atoms with Gasteiger partial charge in [-0.3, -0.25) is 4.79 Å². The first kappa shape index (κ1) is 19.6. The molecule has 0 radical (unpaired) electrons. The van der Waals surface area contributed by atoms with E-state index in [4.69, 9.17) is 13.9 Å². The lowest BCUT2D eigenvalue weighted by Crippen LogP contribution is -2.21. The minimum Gasteiger partial charge on any atom is -0.493 e. The van der Waals surface area contributed by atoms with Gasteiger partial charge in [0, 0.05) is 11.3 Å². The summed E-state index contributed by atoms with van der Waals surface area (Å²) >= 11 is 1.46. The second kappa shape index (κ2) is 8.32. The fourth-order valence-corrected chi connectivity index (χ4v) is 4.40. The highest BCUT2D eigenvalue weighted by Crippen LogP contribution is 2.38. The number of aromatic nitrogens is 3. The van der Waals surface area contributed by atoms with E-state index in [2.05, 4.69) is 15.0 Å². The van der Waals surface area contributed by atoms with E-state index in [9.17, 15) is 4.79 Å². The van der Waals surface area contributed by atoms with E-state index >= 15 is 0 Å². The van der Waals surface area contributed by atoms with Gasteiger partial charge in [0.1, 0.15) is 5.76 Å². The number of ether oxygens (including phenoxy) is 2. The number of hydrogen-bond acceptors (Lipinski definition) is 7. The molecular weight excluding hydrogens is 390 g/mol. The number of para-hydroxylation sites is 1. The van der Waals surface area contributed by atoms with Gasteiger partial charge in [0.05, 0.1) is 31.2 Å². The lowest BCUT2D eigenvalue weighted by molar-refractivity contribution is 0.355. The number of nitrogens with one attached hydrogen (secondary N) is 1. The molecule has 1 aromatic carbocycles. The minimum atomic E-state index is -0.0177. The molecule has 1 N–H and O–H groups in total. The molecule has 0 unspecified atom stereocenters. The number of oxazole rings is 1. The van der Waals surface area contributed by atoms with Crippen LogP contribution in [0.5, 0.6) is 11.5 Å². The van der Waals surface area contributed by atoms with Gasteiger partial charge in [0.15, 0.2) is 16.7 Å². The van der Waals surface area contributed by atoms with Gasteiger partial charge >= 0.3 is 0 Å². The first-order valence-corrected chi connectivity index (χ1v) is 10.5. The molecule has 0 atom stereocenters. The predicted molar refractivity (Wildman–Crippen MR) is 111 cm³/mol. The van der Waals surface area contributed by atoms with Gasteiger partial charge in [-0.15, -0.1) is 0 Å². The Bertz CT molecular complexity index is 1090. The van der Waals surface area contributed by atoms with Crippen LogP contribution in [-0.2, 0) is 18.6 Å². The van der Waals surface area contributed by atoms with Crippen molar-refractivity contribution in [3.05, 3.63) is 51.3 Å². The Hall–Kier alpha value is -2.74. The number of nitrogens with zero attached hydrogens (tertiary/aromatic N) is 2. The zero-order valence-corrected chi connectivity index (χ0v) is 17.5. The Morgan fingerprint density at radius 2 is 2.00 bits per heavy atom. The quantitative estimate of drug-likeness (QED) is 0.484. The molecule has 2 heterocycles. The van der Waals surface area contributed by atoms with E-state index in [0.717, 1.165) is 54.0 Å². The van der Waals surface area contributed by atoms with Gasteiger partial charge in [-0.25, -0.2) is 9.97 Å². The summed E-state index contributed by atoms with van der Waals surface area (Å²) in [5, 5.41) is 0.624. The van der Waals surface area contributed by atoms with Crippen LogP contribution in [0.4, 0.5) is 0 Å². The van der Waals surface area contributed by atoms with Crippen LogP contribution in [0.2, 0.25) is 0 Å². The standard InChI is InChI=1S/C21H23N3O4S/c1-12-16(11-29-21-23-15-9-5-4-7-13(15)19(25)24-21)22-20(28-12)14-8-6-10-17(26-2)18(14)27-3/h6,8,10H,4-5,7,9,11H2,1-3H3,(H,23,24,25). The fourth-order valence-electron chi connectivity index (χ4n) is 3.52. The van der Waals surface area contributed by atoms with Gasteiger partial charge in [0.2, 0.25) is 5.89 Å². The maximum Gasteiger partial charge on any atom is 0.254 e. The monoisotopic (exact) mass is 413 g/mol. The van der Waals surface area contributed by atoms with Crippen molar-refractivity contribution < 1.29 is 13.9 Å². The summed E-state index contributed by atoms with van der Waals surface area (Å²) in [5.74, 6) is 2.94. The maximum absolute atomic E-state index is 12.3. The summed E-state index contributed by atoms with van der Waals surface area (Å²) in [4.78, 5) is 24.5. The molecule has 152 valence electrons. The average molecular weight is 413 g/mol. The molecule has 7 nitrogen and oxygen atoms in total. The van der Waals surface area contributed by atoms with Crippen molar-refractivity contribution in [3.63, 3.8) is 0 Å². The van der Waals surface area contributed by atoms with Crippen LogP contribution in [0.3, 0.4) is 0 Å². The summed E-state index contributed by atoms with van der Waals surface area (Å²) < 4.78 is 16.7. The van der Waals surface area contributed by atoms with E-state index in [1.165, 1.54) is 11.8 Å². The van der Waals surface area contributed by atoms with E-state index in [0.29, 0.717) is 28.3 Å². The van der Waals surface area contributed by atoms with Crippen LogP contribution in [0.15, 0.2) is 32.6 Å². The van der Waals surface area contributed by atoms with Crippen molar-refractivity contribution in [1.29, 1.82) is 0 Å². The smallest absolute Gasteiger partial charge is 0.254 e. The Kier molecular flexibility index (Phi) is 5.62. The molecule has 0 bridgehead atoms. The Morgan fingerprint density at radius 1 is 1.17 bits per heavy atom. The molecule has 29 heavy (non-hydrogen) atoms. The van der Waals surface area contributed by atoms with Crippen LogP contribution in [0.25, 0.3) is 11.5 Å². The SMILES string of the molecule is COc1cccc(-c2nc(CSc3nc4c(c(=O)[nH]3)CCCC4)c(C)o2)c1OC. The van der Waals surface area contributed by atoms with Gasteiger partial charge in [-0.1, -0.05) is 17.8 Å². The van der Waals surface area contributed by atoms with Crippen LogP contribution in [-0.4, -0.2) is 29.2 Å². The van der Waals surface area contributed by atoms with Crippen molar-refractivity contribution in [2.45, 2.75) is 43.5 Å². The van der Waals surface area contributed by atoms with Crippen LogP contribution in [0, 0.1) is 6.92 Å². The maximum atomic E-state index is 12.3. The molecular formula is C21H23N3O4S.